The first-order valence-electron chi connectivity index (χ1n) is 8.61. The standard InChI is InChI=1S/C20H24N2O2/c1-3-14(2)19-18(21-13-22-19)5-4-12-24-17-10-8-16(9-11-17)20(23)15-6-7-15/h3,8-11,13,15H,4-7,12H2,1-2H3,(H,21,22)/b14-3+. The third kappa shape index (κ3) is 3.94. The van der Waals surface area contributed by atoms with Gasteiger partial charge in [-0.05, 0) is 69.4 Å². The van der Waals surface area contributed by atoms with Gasteiger partial charge in [-0.25, -0.2) is 4.98 Å². The van der Waals surface area contributed by atoms with Crippen LogP contribution < -0.4 is 4.74 Å². The number of benzene rings is 1. The second-order valence-electron chi connectivity index (χ2n) is 6.32. The second kappa shape index (κ2) is 7.47. The van der Waals surface area contributed by atoms with Crippen LogP contribution >= 0.6 is 0 Å². The number of nitrogens with zero attached hydrogens (tertiary/aromatic N) is 1. The predicted molar refractivity (Wildman–Crippen MR) is 95.2 cm³/mol. The smallest absolute Gasteiger partial charge is 0.165 e. The molecule has 2 aromatic rings. The number of ether oxygens (including phenoxy) is 1. The Morgan fingerprint density at radius 3 is 2.75 bits per heavy atom. The van der Waals surface area contributed by atoms with Gasteiger partial charge in [-0.1, -0.05) is 6.08 Å². The van der Waals surface area contributed by atoms with E-state index in [0.29, 0.717) is 6.61 Å². The number of nitrogens with one attached hydrogen (secondary N) is 1. The zero-order valence-electron chi connectivity index (χ0n) is 14.3. The van der Waals surface area contributed by atoms with Crippen molar-refractivity contribution in [1.82, 2.24) is 9.97 Å². The number of aromatic amines is 1. The Labute approximate surface area is 143 Å². The summed E-state index contributed by atoms with van der Waals surface area (Å²) in [5, 5.41) is 0. The number of aryl methyl sites for hydroxylation is 1. The number of allylic oxidation sites excluding steroid dienone is 2. The molecular weight excluding hydrogens is 300 g/mol. The van der Waals surface area contributed by atoms with Crippen LogP contribution in [0.15, 0.2) is 36.7 Å². The quantitative estimate of drug-likeness (QED) is 0.577. The summed E-state index contributed by atoms with van der Waals surface area (Å²) in [4.78, 5) is 19.6. The van der Waals surface area contributed by atoms with Crippen molar-refractivity contribution in [3.63, 3.8) is 0 Å². The van der Waals surface area contributed by atoms with Crippen LogP contribution in [0.2, 0.25) is 0 Å². The number of ketones is 1. The molecule has 0 amide bonds. The number of Topliss-reactive ketones (excluding diaryl/α,β-unsaturated/α-hetero) is 1. The number of rotatable bonds is 8. The van der Waals surface area contributed by atoms with Gasteiger partial charge in [0, 0.05) is 17.2 Å². The van der Waals surface area contributed by atoms with Gasteiger partial charge in [-0.15, -0.1) is 0 Å². The molecule has 4 heteroatoms. The highest BCUT2D eigenvalue weighted by Crippen LogP contribution is 2.32. The Hall–Kier alpha value is -2.36. The van der Waals surface area contributed by atoms with E-state index in [-0.39, 0.29) is 11.7 Å². The molecule has 1 aliphatic rings. The molecule has 0 atom stereocenters. The van der Waals surface area contributed by atoms with E-state index in [0.717, 1.165) is 48.4 Å². The van der Waals surface area contributed by atoms with Crippen LogP contribution in [0.3, 0.4) is 0 Å². The monoisotopic (exact) mass is 324 g/mol. The Balaban J connectivity index is 1.47. The van der Waals surface area contributed by atoms with Crippen molar-refractivity contribution in [3.05, 3.63) is 53.6 Å². The van der Waals surface area contributed by atoms with E-state index in [9.17, 15) is 4.79 Å². The minimum Gasteiger partial charge on any atom is -0.494 e. The average molecular weight is 324 g/mol. The Kier molecular flexibility index (Phi) is 5.14. The zero-order valence-corrected chi connectivity index (χ0v) is 14.3. The van der Waals surface area contributed by atoms with Crippen LogP contribution in [0.1, 0.15) is 54.9 Å². The molecule has 0 saturated heterocycles. The molecule has 0 aliphatic heterocycles. The van der Waals surface area contributed by atoms with E-state index in [1.54, 1.807) is 6.33 Å². The first-order valence-corrected chi connectivity index (χ1v) is 8.61. The minimum atomic E-state index is 0.265. The van der Waals surface area contributed by atoms with Crippen molar-refractivity contribution in [1.29, 1.82) is 0 Å². The number of aromatic nitrogens is 2. The van der Waals surface area contributed by atoms with Gasteiger partial charge in [-0.3, -0.25) is 4.79 Å². The van der Waals surface area contributed by atoms with E-state index in [1.165, 1.54) is 5.57 Å². The van der Waals surface area contributed by atoms with E-state index < -0.39 is 0 Å². The fourth-order valence-electron chi connectivity index (χ4n) is 2.72. The van der Waals surface area contributed by atoms with Crippen molar-refractivity contribution >= 4 is 11.4 Å². The highest BCUT2D eigenvalue weighted by Gasteiger charge is 2.30. The number of carbonyl (C=O) groups excluding carboxylic acids is 1. The number of hydrogen-bond acceptors (Lipinski definition) is 3. The molecule has 1 saturated carbocycles. The van der Waals surface area contributed by atoms with Crippen LogP contribution in [-0.4, -0.2) is 22.4 Å². The molecule has 126 valence electrons. The summed E-state index contributed by atoms with van der Waals surface area (Å²) in [7, 11) is 0. The lowest BCUT2D eigenvalue weighted by molar-refractivity contribution is 0.0967. The van der Waals surface area contributed by atoms with Crippen LogP contribution in [0.4, 0.5) is 0 Å². The van der Waals surface area contributed by atoms with Crippen LogP contribution in [0, 0.1) is 5.92 Å². The first kappa shape index (κ1) is 16.5. The average Bonchev–Trinajstić information content (AvgIpc) is 3.36. The van der Waals surface area contributed by atoms with Crippen LogP contribution in [-0.2, 0) is 6.42 Å². The summed E-state index contributed by atoms with van der Waals surface area (Å²) in [6.45, 7) is 4.73. The summed E-state index contributed by atoms with van der Waals surface area (Å²) in [6, 6.07) is 7.53. The summed E-state index contributed by atoms with van der Waals surface area (Å²) in [5.41, 5.74) is 4.18. The number of H-pyrrole nitrogens is 1. The zero-order chi connectivity index (χ0) is 16.9. The Morgan fingerprint density at radius 2 is 2.08 bits per heavy atom. The summed E-state index contributed by atoms with van der Waals surface area (Å²) in [5.74, 6) is 1.35. The Morgan fingerprint density at radius 1 is 1.33 bits per heavy atom. The van der Waals surface area contributed by atoms with Gasteiger partial charge in [0.2, 0.25) is 0 Å². The molecule has 1 heterocycles. The van der Waals surface area contributed by atoms with Crippen molar-refractivity contribution < 1.29 is 9.53 Å². The molecule has 0 spiro atoms. The fourth-order valence-corrected chi connectivity index (χ4v) is 2.72. The van der Waals surface area contributed by atoms with Gasteiger partial charge in [0.1, 0.15) is 5.75 Å². The predicted octanol–water partition coefficient (Wildman–Crippen LogP) is 4.44. The van der Waals surface area contributed by atoms with Gasteiger partial charge < -0.3 is 9.72 Å². The maximum atomic E-state index is 12.0. The van der Waals surface area contributed by atoms with Crippen molar-refractivity contribution in [2.75, 3.05) is 6.61 Å². The molecule has 0 bridgehead atoms. The summed E-state index contributed by atoms with van der Waals surface area (Å²) >= 11 is 0. The van der Waals surface area contributed by atoms with Crippen LogP contribution in [0.25, 0.3) is 5.57 Å². The van der Waals surface area contributed by atoms with Crippen molar-refractivity contribution in [3.8, 4) is 5.75 Å². The lowest BCUT2D eigenvalue weighted by Crippen LogP contribution is -2.03. The molecule has 0 unspecified atom stereocenters. The van der Waals surface area contributed by atoms with Gasteiger partial charge in [0.05, 0.1) is 18.6 Å². The molecular formula is C20H24N2O2. The van der Waals surface area contributed by atoms with Gasteiger partial charge >= 0.3 is 0 Å². The summed E-state index contributed by atoms with van der Waals surface area (Å²) in [6.07, 6.45) is 7.71. The normalized spacial score (nSPS) is 14.7. The third-order valence-corrected chi connectivity index (χ3v) is 4.45. The fraction of sp³-hybridized carbons (Fsp3) is 0.400. The van der Waals surface area contributed by atoms with E-state index in [2.05, 4.69) is 23.0 Å². The molecule has 4 nitrogen and oxygen atoms in total. The largest absolute Gasteiger partial charge is 0.494 e. The van der Waals surface area contributed by atoms with E-state index in [1.807, 2.05) is 31.2 Å². The maximum absolute atomic E-state index is 12.0. The van der Waals surface area contributed by atoms with Gasteiger partial charge in [0.25, 0.3) is 0 Å². The SMILES string of the molecule is C/C=C(\C)c1nc[nH]c1CCCOc1ccc(C(=O)C2CC2)cc1. The molecule has 1 aromatic heterocycles. The lowest BCUT2D eigenvalue weighted by atomic mass is 10.1. The molecule has 1 N–H and O–H groups in total. The number of hydrogen-bond donors (Lipinski definition) is 1. The third-order valence-electron chi connectivity index (χ3n) is 4.45. The van der Waals surface area contributed by atoms with Crippen LogP contribution in [0.5, 0.6) is 5.75 Å². The maximum Gasteiger partial charge on any atom is 0.165 e. The van der Waals surface area contributed by atoms with Crippen molar-refractivity contribution in [2.45, 2.75) is 39.5 Å². The number of carbonyl (C=O) groups is 1. The lowest BCUT2D eigenvalue weighted by Gasteiger charge is -2.07. The van der Waals surface area contributed by atoms with E-state index in [4.69, 9.17) is 4.74 Å². The molecule has 3 rings (SSSR count). The van der Waals surface area contributed by atoms with Gasteiger partial charge in [-0.2, -0.15) is 0 Å². The second-order valence-corrected chi connectivity index (χ2v) is 6.32. The highest BCUT2D eigenvalue weighted by atomic mass is 16.5. The Bertz CT molecular complexity index is 724. The first-order chi connectivity index (χ1) is 11.7. The molecule has 1 aliphatic carbocycles. The molecule has 1 fully saturated rings. The van der Waals surface area contributed by atoms with Gasteiger partial charge in [0.15, 0.2) is 5.78 Å². The molecule has 0 radical (unpaired) electrons. The van der Waals surface area contributed by atoms with Crippen molar-refractivity contribution in [2.24, 2.45) is 5.92 Å². The minimum absolute atomic E-state index is 0.265. The molecule has 24 heavy (non-hydrogen) atoms. The highest BCUT2D eigenvalue weighted by molar-refractivity contribution is 5.99. The molecule has 1 aromatic carbocycles. The topological polar surface area (TPSA) is 55.0 Å². The van der Waals surface area contributed by atoms with E-state index >= 15 is 0 Å². The summed E-state index contributed by atoms with van der Waals surface area (Å²) < 4.78 is 5.78. The number of imidazole rings is 1.